The van der Waals surface area contributed by atoms with Gasteiger partial charge in [-0.15, -0.1) is 0 Å². The topological polar surface area (TPSA) is 0 Å². The fourth-order valence-corrected chi connectivity index (χ4v) is 2.46. The van der Waals surface area contributed by atoms with Gasteiger partial charge >= 0.3 is 0 Å². The molecule has 0 saturated heterocycles. The molecular weight excluding hydrogens is 218 g/mol. The molecule has 1 aliphatic rings. The molecule has 1 aromatic rings. The Labute approximate surface area is 101 Å². The van der Waals surface area contributed by atoms with Crippen LogP contribution < -0.4 is 0 Å². The molecule has 0 aromatic heterocycles. The molecule has 0 saturated carbocycles. The second-order valence-electron chi connectivity index (χ2n) is 5.47. The summed E-state index contributed by atoms with van der Waals surface area (Å²) in [6.07, 6.45) is 3.62. The normalized spacial score (nSPS) is 19.1. The highest BCUT2D eigenvalue weighted by atomic mass is 19.1. The Morgan fingerprint density at radius 2 is 1.88 bits per heavy atom. The maximum Gasteiger partial charge on any atom is 0.133 e. The van der Waals surface area contributed by atoms with E-state index < -0.39 is 11.6 Å². The smallest absolute Gasteiger partial charge is 0.133 e. The average molecular weight is 234 g/mol. The molecule has 0 fully saturated rings. The van der Waals surface area contributed by atoms with E-state index in [4.69, 9.17) is 0 Å². The molecule has 0 unspecified atom stereocenters. The van der Waals surface area contributed by atoms with Gasteiger partial charge in [-0.3, -0.25) is 0 Å². The number of halogens is 2. The molecule has 0 radical (unpaired) electrons. The molecule has 2 rings (SSSR count). The first-order valence-electron chi connectivity index (χ1n) is 5.71. The highest BCUT2D eigenvalue weighted by Gasteiger charge is 2.26. The Bertz CT molecular complexity index is 496. The van der Waals surface area contributed by atoms with Crippen molar-refractivity contribution >= 4 is 5.57 Å². The summed E-state index contributed by atoms with van der Waals surface area (Å²) in [6, 6.07) is 3.73. The molecule has 0 aliphatic heterocycles. The van der Waals surface area contributed by atoms with Crippen molar-refractivity contribution in [3.05, 3.63) is 53.6 Å². The van der Waals surface area contributed by atoms with Crippen molar-refractivity contribution in [1.29, 1.82) is 0 Å². The van der Waals surface area contributed by atoms with E-state index in [2.05, 4.69) is 20.4 Å². The van der Waals surface area contributed by atoms with Gasteiger partial charge in [0.05, 0.1) is 0 Å². The first kappa shape index (κ1) is 12.0. The van der Waals surface area contributed by atoms with Crippen molar-refractivity contribution in [2.75, 3.05) is 0 Å². The minimum absolute atomic E-state index is 0.0853. The molecule has 2 heteroatoms. The van der Waals surface area contributed by atoms with E-state index in [9.17, 15) is 8.78 Å². The first-order valence-corrected chi connectivity index (χ1v) is 5.71. The van der Waals surface area contributed by atoms with Gasteiger partial charge in [-0.05, 0) is 36.0 Å². The van der Waals surface area contributed by atoms with Crippen LogP contribution in [0.5, 0.6) is 0 Å². The summed E-state index contributed by atoms with van der Waals surface area (Å²) in [4.78, 5) is 0. The van der Waals surface area contributed by atoms with Crippen molar-refractivity contribution in [3.8, 4) is 0 Å². The third-order valence-electron chi connectivity index (χ3n) is 3.03. The van der Waals surface area contributed by atoms with E-state index in [1.165, 1.54) is 12.1 Å². The van der Waals surface area contributed by atoms with Gasteiger partial charge in [0.15, 0.2) is 0 Å². The Morgan fingerprint density at radius 1 is 1.18 bits per heavy atom. The van der Waals surface area contributed by atoms with Crippen molar-refractivity contribution < 1.29 is 8.78 Å². The van der Waals surface area contributed by atoms with Gasteiger partial charge in [0.2, 0.25) is 0 Å². The number of allylic oxidation sites excluding steroid dienone is 3. The van der Waals surface area contributed by atoms with Gasteiger partial charge in [0.25, 0.3) is 0 Å². The van der Waals surface area contributed by atoms with Crippen LogP contribution in [-0.4, -0.2) is 0 Å². The number of hydrogen-bond donors (Lipinski definition) is 0. The minimum Gasteiger partial charge on any atom is -0.207 e. The largest absolute Gasteiger partial charge is 0.207 e. The SMILES string of the molecule is C=C1C=C(c2ccc(F)cc2F)CC(C)(C)C1. The first-order chi connectivity index (χ1) is 7.87. The van der Waals surface area contributed by atoms with Gasteiger partial charge in [-0.2, -0.15) is 0 Å². The lowest BCUT2D eigenvalue weighted by Crippen LogP contribution is -2.16. The third kappa shape index (κ3) is 2.63. The van der Waals surface area contributed by atoms with Crippen molar-refractivity contribution in [1.82, 2.24) is 0 Å². The summed E-state index contributed by atoms with van der Waals surface area (Å²) < 4.78 is 26.6. The summed E-state index contributed by atoms with van der Waals surface area (Å²) in [5.74, 6) is -1.04. The molecule has 0 N–H and O–H groups in total. The molecule has 0 spiro atoms. The van der Waals surface area contributed by atoms with E-state index in [1.807, 2.05) is 6.08 Å². The average Bonchev–Trinajstić information content (AvgIpc) is 2.13. The summed E-state index contributed by atoms with van der Waals surface area (Å²) in [7, 11) is 0. The molecule has 90 valence electrons. The predicted molar refractivity (Wildman–Crippen MR) is 66.5 cm³/mol. The number of rotatable bonds is 1. The molecule has 0 atom stereocenters. The van der Waals surface area contributed by atoms with Gasteiger partial charge in [0.1, 0.15) is 11.6 Å². The second-order valence-corrected chi connectivity index (χ2v) is 5.47. The second kappa shape index (κ2) is 4.10. The van der Waals surface area contributed by atoms with Gasteiger partial charge in [-0.25, -0.2) is 8.78 Å². The quantitative estimate of drug-likeness (QED) is 0.659. The van der Waals surface area contributed by atoms with E-state index in [1.54, 1.807) is 0 Å². The van der Waals surface area contributed by atoms with Gasteiger partial charge < -0.3 is 0 Å². The Morgan fingerprint density at radius 3 is 2.47 bits per heavy atom. The van der Waals surface area contributed by atoms with Gasteiger partial charge in [0, 0.05) is 11.6 Å². The van der Waals surface area contributed by atoms with Crippen LogP contribution in [-0.2, 0) is 0 Å². The lowest BCUT2D eigenvalue weighted by atomic mass is 9.74. The molecule has 17 heavy (non-hydrogen) atoms. The Kier molecular flexibility index (Phi) is 2.90. The van der Waals surface area contributed by atoms with Crippen LogP contribution >= 0.6 is 0 Å². The third-order valence-corrected chi connectivity index (χ3v) is 3.03. The zero-order valence-corrected chi connectivity index (χ0v) is 10.2. The van der Waals surface area contributed by atoms with Crippen molar-refractivity contribution in [2.45, 2.75) is 26.7 Å². The Balaban J connectivity index is 2.43. The zero-order chi connectivity index (χ0) is 12.6. The van der Waals surface area contributed by atoms with E-state index in [-0.39, 0.29) is 5.41 Å². The fraction of sp³-hybridized carbons (Fsp3) is 0.333. The highest BCUT2D eigenvalue weighted by Crippen LogP contribution is 2.41. The monoisotopic (exact) mass is 234 g/mol. The Hall–Kier alpha value is -1.44. The van der Waals surface area contributed by atoms with Crippen LogP contribution in [0.25, 0.3) is 5.57 Å². The van der Waals surface area contributed by atoms with Crippen molar-refractivity contribution in [3.63, 3.8) is 0 Å². The summed E-state index contributed by atoms with van der Waals surface area (Å²) >= 11 is 0. The summed E-state index contributed by atoms with van der Waals surface area (Å²) in [5, 5.41) is 0. The van der Waals surface area contributed by atoms with Crippen LogP contribution in [0, 0.1) is 17.0 Å². The highest BCUT2D eigenvalue weighted by molar-refractivity contribution is 5.70. The molecule has 0 bridgehead atoms. The van der Waals surface area contributed by atoms with Crippen LogP contribution in [0.1, 0.15) is 32.3 Å². The zero-order valence-electron chi connectivity index (χ0n) is 10.2. The minimum atomic E-state index is -0.541. The molecule has 0 heterocycles. The summed E-state index contributed by atoms with van der Waals surface area (Å²) in [6.45, 7) is 8.22. The number of hydrogen-bond acceptors (Lipinski definition) is 0. The van der Waals surface area contributed by atoms with E-state index in [0.717, 1.165) is 30.1 Å². The predicted octanol–water partition coefficient (Wildman–Crippen LogP) is 4.72. The standard InChI is InChI=1S/C15H16F2/c1-10-6-11(9-15(2,3)8-10)13-5-4-12(16)7-14(13)17/h4-7H,1,8-9H2,2-3H3. The fourth-order valence-electron chi connectivity index (χ4n) is 2.46. The summed E-state index contributed by atoms with van der Waals surface area (Å²) in [5.41, 5.74) is 2.48. The molecule has 1 aliphatic carbocycles. The molecular formula is C15H16F2. The van der Waals surface area contributed by atoms with Crippen LogP contribution in [0.3, 0.4) is 0 Å². The molecule has 1 aromatic carbocycles. The van der Waals surface area contributed by atoms with Crippen LogP contribution in [0.2, 0.25) is 0 Å². The van der Waals surface area contributed by atoms with Crippen molar-refractivity contribution in [2.24, 2.45) is 5.41 Å². The maximum absolute atomic E-state index is 13.7. The lowest BCUT2D eigenvalue weighted by Gasteiger charge is -2.31. The lowest BCUT2D eigenvalue weighted by molar-refractivity contribution is 0.369. The maximum atomic E-state index is 13.7. The number of benzene rings is 1. The molecule has 0 amide bonds. The van der Waals surface area contributed by atoms with Crippen LogP contribution in [0.4, 0.5) is 8.78 Å². The van der Waals surface area contributed by atoms with Gasteiger partial charge in [-0.1, -0.05) is 32.1 Å². The van der Waals surface area contributed by atoms with Crippen LogP contribution in [0.15, 0.2) is 36.4 Å². The molecule has 0 nitrogen and oxygen atoms in total. The van der Waals surface area contributed by atoms with E-state index >= 15 is 0 Å². The van der Waals surface area contributed by atoms with E-state index in [0.29, 0.717) is 5.56 Å².